The molecule has 3 aromatic rings. The van der Waals surface area contributed by atoms with Crippen LogP contribution in [0, 0.1) is 5.92 Å². The number of aromatic nitrogens is 2. The molecule has 0 unspecified atom stereocenters. The van der Waals surface area contributed by atoms with Gasteiger partial charge in [0.15, 0.2) is 0 Å². The van der Waals surface area contributed by atoms with Gasteiger partial charge >= 0.3 is 5.97 Å². The molecule has 0 atom stereocenters. The van der Waals surface area contributed by atoms with Crippen molar-refractivity contribution in [3.8, 4) is 16.9 Å². The zero-order chi connectivity index (χ0) is 18.6. The number of aryl methyl sites for hydroxylation is 1. The van der Waals surface area contributed by atoms with Gasteiger partial charge in [0.25, 0.3) is 0 Å². The quantitative estimate of drug-likeness (QED) is 0.630. The summed E-state index contributed by atoms with van der Waals surface area (Å²) in [6.07, 6.45) is 7.53. The minimum Gasteiger partial charge on any atom is -0.493 e. The van der Waals surface area contributed by atoms with E-state index in [1.807, 2.05) is 24.4 Å². The Morgan fingerprint density at radius 3 is 2.85 bits per heavy atom. The maximum Gasteiger partial charge on any atom is 0.303 e. The van der Waals surface area contributed by atoms with Gasteiger partial charge in [0.2, 0.25) is 0 Å². The molecule has 4 rings (SSSR count). The molecule has 0 bridgehead atoms. The van der Waals surface area contributed by atoms with Gasteiger partial charge in [0, 0.05) is 17.4 Å². The van der Waals surface area contributed by atoms with E-state index in [4.69, 9.17) is 9.84 Å². The predicted molar refractivity (Wildman–Crippen MR) is 105 cm³/mol. The van der Waals surface area contributed by atoms with Gasteiger partial charge in [-0.05, 0) is 60.6 Å². The summed E-state index contributed by atoms with van der Waals surface area (Å²) in [5.41, 5.74) is 4.07. The molecule has 5 heteroatoms. The molecule has 140 valence electrons. The highest BCUT2D eigenvalue weighted by molar-refractivity contribution is 5.85. The van der Waals surface area contributed by atoms with Crippen molar-refractivity contribution < 1.29 is 14.6 Å². The number of ether oxygens (including phenoxy) is 1. The van der Waals surface area contributed by atoms with Crippen LogP contribution in [0.3, 0.4) is 0 Å². The average molecular weight is 364 g/mol. The van der Waals surface area contributed by atoms with Gasteiger partial charge < -0.3 is 9.84 Å². The van der Waals surface area contributed by atoms with Crippen LogP contribution in [0.5, 0.6) is 5.75 Å². The number of hydrogen-bond donors (Lipinski definition) is 2. The molecule has 1 heterocycles. The Morgan fingerprint density at radius 2 is 2.04 bits per heavy atom. The summed E-state index contributed by atoms with van der Waals surface area (Å²) in [6.45, 7) is 0.745. The van der Waals surface area contributed by atoms with Crippen LogP contribution < -0.4 is 4.74 Å². The molecule has 0 spiro atoms. The van der Waals surface area contributed by atoms with Crippen molar-refractivity contribution in [2.24, 2.45) is 5.92 Å². The number of nitrogens with zero attached hydrogens (tertiary/aromatic N) is 1. The number of aromatic amines is 1. The minimum atomic E-state index is -0.780. The van der Waals surface area contributed by atoms with Crippen LogP contribution >= 0.6 is 0 Å². The van der Waals surface area contributed by atoms with Crippen molar-refractivity contribution in [2.75, 3.05) is 6.61 Å². The highest BCUT2D eigenvalue weighted by Gasteiger charge is 2.17. The third-order valence-corrected chi connectivity index (χ3v) is 5.37. The van der Waals surface area contributed by atoms with E-state index >= 15 is 0 Å². The number of benzene rings is 2. The third-order valence-electron chi connectivity index (χ3n) is 5.37. The first-order valence-corrected chi connectivity index (χ1v) is 9.60. The Bertz CT molecular complexity index is 942. The number of fused-ring (bicyclic) bond motifs is 1. The fraction of sp³-hybridized carbons (Fsp3) is 0.364. The maximum absolute atomic E-state index is 10.9. The molecule has 0 amide bonds. The van der Waals surface area contributed by atoms with E-state index in [-0.39, 0.29) is 6.42 Å². The van der Waals surface area contributed by atoms with Crippen molar-refractivity contribution in [3.05, 3.63) is 48.2 Å². The van der Waals surface area contributed by atoms with E-state index in [0.29, 0.717) is 12.3 Å². The number of aliphatic carboxylic acids is 1. The number of rotatable bonds is 7. The smallest absolute Gasteiger partial charge is 0.303 e. The molecule has 0 saturated heterocycles. The largest absolute Gasteiger partial charge is 0.493 e. The first-order valence-electron chi connectivity index (χ1n) is 9.60. The lowest BCUT2D eigenvalue weighted by Gasteiger charge is -2.16. The van der Waals surface area contributed by atoms with E-state index in [9.17, 15) is 4.79 Å². The number of carboxylic acids is 1. The lowest BCUT2D eigenvalue weighted by molar-refractivity contribution is -0.136. The number of H-pyrrole nitrogens is 1. The Hall–Kier alpha value is -2.82. The van der Waals surface area contributed by atoms with Crippen LogP contribution in [-0.2, 0) is 11.2 Å². The lowest BCUT2D eigenvalue weighted by atomic mass is 9.98. The Morgan fingerprint density at radius 1 is 1.19 bits per heavy atom. The average Bonchev–Trinajstić information content (AvgIpc) is 3.35. The third kappa shape index (κ3) is 4.13. The molecule has 27 heavy (non-hydrogen) atoms. The van der Waals surface area contributed by atoms with Crippen molar-refractivity contribution in [2.45, 2.75) is 38.5 Å². The summed E-state index contributed by atoms with van der Waals surface area (Å²) in [4.78, 5) is 10.9. The van der Waals surface area contributed by atoms with Gasteiger partial charge in [-0.1, -0.05) is 25.0 Å². The standard InChI is InChI=1S/C22H24N2O3/c25-22(26)10-6-15-5-9-21(27-14-16-3-1-2-4-16)19(11-15)17-7-8-20-18(12-17)13-23-24-20/h5,7-9,11-13,16H,1-4,6,10,14H2,(H,23,24)(H,25,26). The molecule has 1 fully saturated rings. The molecule has 2 N–H and O–H groups in total. The molecule has 0 radical (unpaired) electrons. The Balaban J connectivity index is 1.64. The second-order valence-corrected chi connectivity index (χ2v) is 7.36. The molecule has 0 aliphatic heterocycles. The van der Waals surface area contributed by atoms with E-state index < -0.39 is 5.97 Å². The molecule has 2 aromatic carbocycles. The summed E-state index contributed by atoms with van der Waals surface area (Å²) < 4.78 is 6.21. The summed E-state index contributed by atoms with van der Waals surface area (Å²) in [5, 5.41) is 17.1. The number of nitrogens with one attached hydrogen (secondary N) is 1. The van der Waals surface area contributed by atoms with Crippen LogP contribution in [0.4, 0.5) is 0 Å². The summed E-state index contributed by atoms with van der Waals surface area (Å²) in [7, 11) is 0. The highest BCUT2D eigenvalue weighted by atomic mass is 16.5. The molecular weight excluding hydrogens is 340 g/mol. The van der Waals surface area contributed by atoms with E-state index in [1.54, 1.807) is 0 Å². The number of hydrogen-bond acceptors (Lipinski definition) is 3. The van der Waals surface area contributed by atoms with E-state index in [1.165, 1.54) is 25.7 Å². The zero-order valence-electron chi connectivity index (χ0n) is 15.3. The topological polar surface area (TPSA) is 75.2 Å². The van der Waals surface area contributed by atoms with Crippen LogP contribution in [0.2, 0.25) is 0 Å². The van der Waals surface area contributed by atoms with Gasteiger partial charge in [-0.2, -0.15) is 5.10 Å². The second-order valence-electron chi connectivity index (χ2n) is 7.36. The summed E-state index contributed by atoms with van der Waals surface area (Å²) in [5.74, 6) is 0.725. The van der Waals surface area contributed by atoms with Crippen LogP contribution in [0.15, 0.2) is 42.6 Å². The molecule has 5 nitrogen and oxygen atoms in total. The minimum absolute atomic E-state index is 0.127. The van der Waals surface area contributed by atoms with Crippen LogP contribution in [0.1, 0.15) is 37.7 Å². The van der Waals surface area contributed by atoms with Crippen molar-refractivity contribution in [1.29, 1.82) is 0 Å². The number of carboxylic acid groups (broad SMARTS) is 1. The van der Waals surface area contributed by atoms with Gasteiger partial charge in [-0.3, -0.25) is 9.89 Å². The molecule has 1 saturated carbocycles. The van der Waals surface area contributed by atoms with Gasteiger partial charge in [-0.15, -0.1) is 0 Å². The Labute approximate surface area is 158 Å². The normalized spacial score (nSPS) is 14.7. The van der Waals surface area contributed by atoms with Crippen LogP contribution in [-0.4, -0.2) is 27.9 Å². The zero-order valence-corrected chi connectivity index (χ0v) is 15.3. The SMILES string of the molecule is O=C(O)CCc1ccc(OCC2CCCC2)c(-c2ccc3[nH]ncc3c2)c1. The molecule has 1 aromatic heterocycles. The van der Waals surface area contributed by atoms with Gasteiger partial charge in [0.05, 0.1) is 18.3 Å². The van der Waals surface area contributed by atoms with E-state index in [0.717, 1.165) is 39.9 Å². The lowest BCUT2D eigenvalue weighted by Crippen LogP contribution is -2.09. The van der Waals surface area contributed by atoms with Crippen molar-refractivity contribution >= 4 is 16.9 Å². The van der Waals surface area contributed by atoms with Crippen molar-refractivity contribution in [3.63, 3.8) is 0 Å². The summed E-state index contributed by atoms with van der Waals surface area (Å²) >= 11 is 0. The fourth-order valence-corrected chi connectivity index (χ4v) is 3.83. The van der Waals surface area contributed by atoms with Crippen LogP contribution in [0.25, 0.3) is 22.0 Å². The molecular formula is C22H24N2O3. The molecule has 1 aliphatic rings. The van der Waals surface area contributed by atoms with Gasteiger partial charge in [-0.25, -0.2) is 0 Å². The monoisotopic (exact) mass is 364 g/mol. The fourth-order valence-electron chi connectivity index (χ4n) is 3.83. The first kappa shape index (κ1) is 17.6. The summed E-state index contributed by atoms with van der Waals surface area (Å²) in [6, 6.07) is 12.2. The second kappa shape index (κ2) is 7.82. The van der Waals surface area contributed by atoms with E-state index in [2.05, 4.69) is 28.4 Å². The van der Waals surface area contributed by atoms with Gasteiger partial charge in [0.1, 0.15) is 5.75 Å². The number of carbonyl (C=O) groups is 1. The molecule has 1 aliphatic carbocycles. The maximum atomic E-state index is 10.9. The Kier molecular flexibility index (Phi) is 5.10. The first-order chi connectivity index (χ1) is 13.2. The predicted octanol–water partition coefficient (Wildman–Crippen LogP) is 4.82. The van der Waals surface area contributed by atoms with Crippen molar-refractivity contribution in [1.82, 2.24) is 10.2 Å². The highest BCUT2D eigenvalue weighted by Crippen LogP contribution is 2.34.